The van der Waals surface area contributed by atoms with E-state index in [0.29, 0.717) is 22.8 Å². The summed E-state index contributed by atoms with van der Waals surface area (Å²) in [5.74, 6) is 0.828. The zero-order chi connectivity index (χ0) is 15.2. The molecule has 0 N–H and O–H groups in total. The van der Waals surface area contributed by atoms with Gasteiger partial charge in [0.2, 0.25) is 0 Å². The molecule has 0 spiro atoms. The first-order chi connectivity index (χ1) is 10.2. The van der Waals surface area contributed by atoms with Gasteiger partial charge in [-0.25, -0.2) is 14.8 Å². The average molecular weight is 307 g/mol. The van der Waals surface area contributed by atoms with Crippen LogP contribution in [-0.4, -0.2) is 29.7 Å². The van der Waals surface area contributed by atoms with Gasteiger partial charge in [-0.1, -0.05) is 12.1 Å². The molecule has 0 bridgehead atoms. The number of alkyl halides is 1. The molecule has 21 heavy (non-hydrogen) atoms. The Kier molecular flexibility index (Phi) is 5.11. The minimum Gasteiger partial charge on any atom is -0.497 e. The van der Waals surface area contributed by atoms with Crippen LogP contribution >= 0.6 is 11.6 Å². The van der Waals surface area contributed by atoms with Crippen LogP contribution < -0.4 is 4.74 Å². The van der Waals surface area contributed by atoms with Crippen LogP contribution in [0.25, 0.3) is 11.4 Å². The van der Waals surface area contributed by atoms with E-state index in [-0.39, 0.29) is 12.5 Å². The Hall–Kier alpha value is -2.14. The van der Waals surface area contributed by atoms with Crippen molar-refractivity contribution in [3.8, 4) is 17.1 Å². The van der Waals surface area contributed by atoms with Gasteiger partial charge in [-0.2, -0.15) is 0 Å². The second-order valence-electron chi connectivity index (χ2n) is 4.14. The molecule has 1 aromatic carbocycles. The van der Waals surface area contributed by atoms with Crippen LogP contribution in [0.4, 0.5) is 0 Å². The van der Waals surface area contributed by atoms with Crippen molar-refractivity contribution >= 4 is 17.6 Å². The van der Waals surface area contributed by atoms with Crippen LogP contribution in [0.15, 0.2) is 30.5 Å². The molecule has 0 aliphatic rings. The Bertz CT molecular complexity index is 647. The molecule has 0 saturated carbocycles. The summed E-state index contributed by atoms with van der Waals surface area (Å²) in [6.45, 7) is 2.03. The normalized spacial score (nSPS) is 10.2. The van der Waals surface area contributed by atoms with Crippen molar-refractivity contribution in [3.63, 3.8) is 0 Å². The van der Waals surface area contributed by atoms with E-state index in [9.17, 15) is 4.79 Å². The number of methoxy groups -OCH3 is 1. The molecule has 1 heterocycles. The number of carbonyl (C=O) groups is 1. The van der Waals surface area contributed by atoms with Gasteiger partial charge in [0.15, 0.2) is 5.82 Å². The van der Waals surface area contributed by atoms with E-state index < -0.39 is 5.97 Å². The average Bonchev–Trinajstić information content (AvgIpc) is 2.54. The third kappa shape index (κ3) is 3.49. The van der Waals surface area contributed by atoms with Crippen LogP contribution in [-0.2, 0) is 10.6 Å². The fraction of sp³-hybridized carbons (Fsp3) is 0.267. The van der Waals surface area contributed by atoms with Gasteiger partial charge in [0.05, 0.1) is 25.3 Å². The number of nitrogens with zero attached hydrogens (tertiary/aromatic N) is 2. The second-order valence-corrected chi connectivity index (χ2v) is 4.41. The highest BCUT2D eigenvalue weighted by atomic mass is 35.5. The van der Waals surface area contributed by atoms with E-state index in [1.54, 1.807) is 14.0 Å². The molecule has 1 aromatic heterocycles. The van der Waals surface area contributed by atoms with Crippen LogP contribution in [0.2, 0.25) is 0 Å². The highest BCUT2D eigenvalue weighted by molar-refractivity contribution is 6.17. The summed E-state index contributed by atoms with van der Waals surface area (Å²) in [5, 5.41) is 0. The molecule has 0 radical (unpaired) electrons. The smallest absolute Gasteiger partial charge is 0.341 e. The highest BCUT2D eigenvalue weighted by Crippen LogP contribution is 2.22. The third-order valence-electron chi connectivity index (χ3n) is 2.82. The summed E-state index contributed by atoms with van der Waals surface area (Å²) in [4.78, 5) is 20.3. The minimum atomic E-state index is -0.467. The van der Waals surface area contributed by atoms with Gasteiger partial charge in [0.1, 0.15) is 11.3 Å². The fourth-order valence-corrected chi connectivity index (χ4v) is 2.00. The molecular formula is C15H15ClN2O3. The lowest BCUT2D eigenvalue weighted by molar-refractivity contribution is 0.0524. The summed E-state index contributed by atoms with van der Waals surface area (Å²) in [6, 6.07) is 7.35. The van der Waals surface area contributed by atoms with E-state index in [0.717, 1.165) is 5.56 Å². The first kappa shape index (κ1) is 15.3. The molecule has 110 valence electrons. The van der Waals surface area contributed by atoms with Crippen LogP contribution in [0, 0.1) is 0 Å². The predicted molar refractivity (Wildman–Crippen MR) is 79.5 cm³/mol. The molecule has 2 aromatic rings. The molecular weight excluding hydrogens is 292 g/mol. The van der Waals surface area contributed by atoms with E-state index in [2.05, 4.69) is 9.97 Å². The molecule has 0 aliphatic heterocycles. The van der Waals surface area contributed by atoms with E-state index in [1.165, 1.54) is 6.20 Å². The lowest BCUT2D eigenvalue weighted by atomic mass is 10.2. The minimum absolute atomic E-state index is 0.105. The zero-order valence-corrected chi connectivity index (χ0v) is 12.6. The number of halogens is 1. The number of hydrogen-bond acceptors (Lipinski definition) is 5. The topological polar surface area (TPSA) is 61.3 Å². The van der Waals surface area contributed by atoms with Gasteiger partial charge >= 0.3 is 5.97 Å². The van der Waals surface area contributed by atoms with Crippen molar-refractivity contribution in [1.82, 2.24) is 9.97 Å². The summed E-state index contributed by atoms with van der Waals surface area (Å²) in [7, 11) is 1.59. The lowest BCUT2D eigenvalue weighted by Crippen LogP contribution is -2.10. The fourth-order valence-electron chi connectivity index (χ4n) is 1.80. The third-order valence-corrected chi connectivity index (χ3v) is 3.07. The van der Waals surface area contributed by atoms with Crippen molar-refractivity contribution in [3.05, 3.63) is 41.7 Å². The van der Waals surface area contributed by atoms with Crippen molar-refractivity contribution in [2.75, 3.05) is 13.7 Å². The van der Waals surface area contributed by atoms with Gasteiger partial charge in [0, 0.05) is 11.8 Å². The quantitative estimate of drug-likeness (QED) is 0.627. The van der Waals surface area contributed by atoms with E-state index >= 15 is 0 Å². The van der Waals surface area contributed by atoms with Crippen molar-refractivity contribution < 1.29 is 14.3 Å². The van der Waals surface area contributed by atoms with E-state index in [1.807, 2.05) is 24.3 Å². The van der Waals surface area contributed by atoms with Gasteiger partial charge in [-0.05, 0) is 19.1 Å². The number of benzene rings is 1. The summed E-state index contributed by atoms with van der Waals surface area (Å²) in [6.07, 6.45) is 1.44. The Morgan fingerprint density at radius 3 is 2.86 bits per heavy atom. The molecule has 0 atom stereocenters. The van der Waals surface area contributed by atoms with Gasteiger partial charge in [-0.15, -0.1) is 11.6 Å². The molecule has 2 rings (SSSR count). The first-order valence-corrected chi connectivity index (χ1v) is 6.96. The summed E-state index contributed by atoms with van der Waals surface area (Å²) in [5.41, 5.74) is 1.53. The maximum Gasteiger partial charge on any atom is 0.341 e. The van der Waals surface area contributed by atoms with Gasteiger partial charge < -0.3 is 9.47 Å². The van der Waals surface area contributed by atoms with E-state index in [4.69, 9.17) is 21.1 Å². The highest BCUT2D eigenvalue weighted by Gasteiger charge is 2.15. The van der Waals surface area contributed by atoms with Gasteiger partial charge in [-0.3, -0.25) is 0 Å². The number of carbonyl (C=O) groups excluding carboxylic acids is 1. The monoisotopic (exact) mass is 306 g/mol. The lowest BCUT2D eigenvalue weighted by Gasteiger charge is -2.08. The van der Waals surface area contributed by atoms with Crippen LogP contribution in [0.1, 0.15) is 23.0 Å². The Morgan fingerprint density at radius 2 is 2.19 bits per heavy atom. The number of hydrogen-bond donors (Lipinski definition) is 0. The van der Waals surface area contributed by atoms with Gasteiger partial charge in [0.25, 0.3) is 0 Å². The first-order valence-electron chi connectivity index (χ1n) is 6.43. The van der Waals surface area contributed by atoms with Crippen molar-refractivity contribution in [2.24, 2.45) is 0 Å². The molecule has 0 unspecified atom stereocenters. The summed E-state index contributed by atoms with van der Waals surface area (Å²) >= 11 is 5.87. The summed E-state index contributed by atoms with van der Waals surface area (Å²) < 4.78 is 10.1. The number of ether oxygens (including phenoxy) is 2. The molecule has 0 saturated heterocycles. The Morgan fingerprint density at radius 1 is 1.38 bits per heavy atom. The number of esters is 1. The van der Waals surface area contributed by atoms with Crippen molar-refractivity contribution in [1.29, 1.82) is 0 Å². The largest absolute Gasteiger partial charge is 0.497 e. The standard InChI is InChI=1S/C15H15ClN2O3/c1-3-21-15(19)12-9-17-14(18-13(12)8-16)10-5-4-6-11(7-10)20-2/h4-7,9H,3,8H2,1-2H3. The molecule has 0 fully saturated rings. The second kappa shape index (κ2) is 7.04. The van der Waals surface area contributed by atoms with Crippen LogP contribution in [0.5, 0.6) is 5.75 Å². The zero-order valence-electron chi connectivity index (χ0n) is 11.8. The maximum absolute atomic E-state index is 11.8. The maximum atomic E-state index is 11.8. The predicted octanol–water partition coefficient (Wildman–Crippen LogP) is 3.07. The van der Waals surface area contributed by atoms with Crippen LogP contribution in [0.3, 0.4) is 0 Å². The number of aromatic nitrogens is 2. The Labute approximate surface area is 127 Å². The SMILES string of the molecule is CCOC(=O)c1cnc(-c2cccc(OC)c2)nc1CCl. The molecule has 6 heteroatoms. The van der Waals surface area contributed by atoms with Crippen molar-refractivity contribution in [2.45, 2.75) is 12.8 Å². The molecule has 5 nitrogen and oxygen atoms in total. The number of rotatable bonds is 5. The molecule has 0 aliphatic carbocycles. The molecule has 0 amide bonds. The Balaban J connectivity index is 2.40.